The zero-order chi connectivity index (χ0) is 11.5. The second kappa shape index (κ2) is 4.43. The number of piperazine rings is 1. The number of anilines is 1. The Morgan fingerprint density at radius 1 is 1.53 bits per heavy atom. The van der Waals surface area contributed by atoms with Gasteiger partial charge in [-0.05, 0) is 0 Å². The molecule has 1 N–H and O–H groups in total. The molecule has 0 aromatic carbocycles. The Balaban J connectivity index is 2.20. The zero-order valence-corrected chi connectivity index (χ0v) is 8.78. The summed E-state index contributed by atoms with van der Waals surface area (Å²) in [5, 5.41) is 10.5. The maximum Gasteiger partial charge on any atom is 0.228 e. The summed E-state index contributed by atoms with van der Waals surface area (Å²) in [5.74, 6) is 0.470. The summed E-state index contributed by atoms with van der Waals surface area (Å²) >= 11 is 5.80. The number of nitrogens with zero attached hydrogens (tertiary/aromatic N) is 4. The first-order valence-electron chi connectivity index (χ1n) is 5.07. The highest BCUT2D eigenvalue weighted by Crippen LogP contribution is 2.13. The molecule has 1 saturated heterocycles. The molecule has 0 saturated carbocycles. The van der Waals surface area contributed by atoms with Crippen molar-refractivity contribution in [2.24, 2.45) is 0 Å². The first-order valence-corrected chi connectivity index (χ1v) is 5.00. The van der Waals surface area contributed by atoms with Gasteiger partial charge in [-0.15, -0.1) is 0 Å². The van der Waals surface area contributed by atoms with E-state index in [2.05, 4.69) is 9.97 Å². The first-order chi connectivity index (χ1) is 7.69. The molecule has 5 nitrogen and oxygen atoms in total. The summed E-state index contributed by atoms with van der Waals surface area (Å²) in [7, 11) is 0. The van der Waals surface area contributed by atoms with Crippen LogP contribution in [0.2, 0.25) is 6.56 Å². The summed E-state index contributed by atoms with van der Waals surface area (Å²) in [6.07, 6.45) is 0. The van der Waals surface area contributed by atoms with E-state index in [0.717, 1.165) is 0 Å². The molecule has 1 aliphatic rings. The molecule has 0 unspecified atom stereocenters. The molecule has 2 rings (SSSR count). The van der Waals surface area contributed by atoms with Crippen LogP contribution in [0.4, 0.5) is 5.95 Å². The Hall–Kier alpha value is -1.38. The lowest BCUT2D eigenvalue weighted by atomic mass is 10.4. The second-order valence-electron chi connectivity index (χ2n) is 3.15. The summed E-state index contributed by atoms with van der Waals surface area (Å²) in [6.45, 7) is 2.62. The van der Waals surface area contributed by atoms with Gasteiger partial charge in [-0.1, -0.05) is 11.6 Å². The fourth-order valence-electron chi connectivity index (χ4n) is 1.41. The molecule has 0 aliphatic carbocycles. The van der Waals surface area contributed by atoms with Crippen LogP contribution < -0.4 is 10.2 Å². The van der Waals surface area contributed by atoms with Crippen LogP contribution >= 0.6 is 11.6 Å². The molecule has 6 heteroatoms. The molecule has 0 bridgehead atoms. The Morgan fingerprint density at radius 2 is 2.27 bits per heavy atom. The van der Waals surface area contributed by atoms with Gasteiger partial charge in [0.1, 0.15) is 18.3 Å². The maximum atomic E-state index is 8.77. The maximum absolute atomic E-state index is 8.77. The minimum atomic E-state index is 0.267. The van der Waals surface area contributed by atoms with Gasteiger partial charge < -0.3 is 10.2 Å². The average molecular weight is 225 g/mol. The van der Waals surface area contributed by atoms with E-state index >= 15 is 0 Å². The van der Waals surface area contributed by atoms with Gasteiger partial charge in [-0.25, -0.2) is 9.97 Å². The van der Waals surface area contributed by atoms with Crippen LogP contribution in [0.5, 0.6) is 0 Å². The van der Waals surface area contributed by atoms with Crippen molar-refractivity contribution in [1.82, 2.24) is 15.3 Å². The number of nitriles is 1. The topological polar surface area (TPSA) is 64.8 Å². The molecule has 78 valence electrons. The molecular weight excluding hydrogens is 214 g/mol. The van der Waals surface area contributed by atoms with Crippen molar-refractivity contribution in [3.8, 4) is 6.07 Å². The van der Waals surface area contributed by atoms with Crippen LogP contribution in [0.15, 0.2) is 6.07 Å². The number of hydrogen-bond acceptors (Lipinski definition) is 5. The lowest BCUT2D eigenvalue weighted by Gasteiger charge is -2.27. The van der Waals surface area contributed by atoms with Gasteiger partial charge in [0.05, 0.1) is 0 Å². The van der Waals surface area contributed by atoms with Crippen molar-refractivity contribution in [2.45, 2.75) is 0 Å². The van der Waals surface area contributed by atoms with Crippen molar-refractivity contribution in [2.75, 3.05) is 31.1 Å². The fraction of sp³-hybridized carbons (Fsp3) is 0.444. The van der Waals surface area contributed by atoms with E-state index < -0.39 is 0 Å². The fourth-order valence-corrected chi connectivity index (χ4v) is 1.59. The Kier molecular flexibility index (Phi) is 2.62. The smallest absolute Gasteiger partial charge is 0.228 e. The number of halogens is 1. The number of hydrogen-bond donors (Lipinski definition) is 1. The predicted molar refractivity (Wildman–Crippen MR) is 56.8 cm³/mol. The summed E-state index contributed by atoms with van der Waals surface area (Å²) in [4.78, 5) is 10.1. The van der Waals surface area contributed by atoms with Gasteiger partial charge >= 0.3 is 0 Å². The van der Waals surface area contributed by atoms with Crippen molar-refractivity contribution in [1.29, 1.82) is 5.26 Å². The van der Waals surface area contributed by atoms with E-state index in [-0.39, 0.29) is 10.8 Å². The highest BCUT2D eigenvalue weighted by Gasteiger charge is 2.14. The number of rotatable bonds is 1. The third-order valence-electron chi connectivity index (χ3n) is 2.14. The largest absolute Gasteiger partial charge is 0.338 e. The van der Waals surface area contributed by atoms with E-state index in [1.165, 1.54) is 11.4 Å². The Morgan fingerprint density at radius 3 is 2.93 bits per heavy atom. The normalized spacial score (nSPS) is 18.4. The number of aromatic nitrogens is 2. The van der Waals surface area contributed by atoms with E-state index in [1.54, 1.807) is 0 Å². The zero-order valence-electron chi connectivity index (χ0n) is 9.02. The van der Waals surface area contributed by atoms with Gasteiger partial charge in [0.2, 0.25) is 5.95 Å². The van der Waals surface area contributed by atoms with Crippen LogP contribution in [0.1, 0.15) is 5.69 Å². The molecule has 1 aliphatic heterocycles. The molecule has 0 radical (unpaired) electrons. The van der Waals surface area contributed by atoms with Crippen LogP contribution in [0.3, 0.4) is 0 Å². The first kappa shape index (κ1) is 8.89. The summed E-state index contributed by atoms with van der Waals surface area (Å²) < 4.78 is 7.43. The lowest BCUT2D eigenvalue weighted by molar-refractivity contribution is 0.579. The van der Waals surface area contributed by atoms with Crippen LogP contribution in [0.25, 0.3) is 0 Å². The molecule has 0 amide bonds. The van der Waals surface area contributed by atoms with Gasteiger partial charge in [-0.3, -0.25) is 0 Å². The van der Waals surface area contributed by atoms with Gasteiger partial charge in [0.15, 0.2) is 0 Å². The van der Waals surface area contributed by atoms with Crippen LogP contribution in [0, 0.1) is 11.3 Å². The quantitative estimate of drug-likeness (QED) is 0.700. The van der Waals surface area contributed by atoms with Gasteiger partial charge in [0.25, 0.3) is 0 Å². The summed E-state index contributed by atoms with van der Waals surface area (Å²) in [6, 6.07) is 3.38. The standard InChI is InChI=1S/C9H10ClN5/c10-8-5-7(6-11)13-9(14-8)15-3-1-12-2-4-15/h5,12H,1-4H2/i/hD. The minimum Gasteiger partial charge on any atom is -0.338 e. The number of nitrogens with one attached hydrogen (secondary N) is 1. The third-order valence-corrected chi connectivity index (χ3v) is 2.33. The van der Waals surface area contributed by atoms with E-state index in [1.807, 2.05) is 11.0 Å². The average Bonchev–Trinajstić information content (AvgIpc) is 2.29. The summed E-state index contributed by atoms with van der Waals surface area (Å²) in [5.41, 5.74) is 0.267. The minimum absolute atomic E-state index is 0.267. The molecule has 15 heavy (non-hydrogen) atoms. The molecule has 1 aromatic heterocycles. The SMILES string of the molecule is [2H]N1CCN(c2nc(Cl)cc(C#N)n2)CC1. The Labute approximate surface area is 94.2 Å². The van der Waals surface area contributed by atoms with E-state index in [9.17, 15) is 0 Å². The Bertz CT molecular complexity index is 424. The van der Waals surface area contributed by atoms with Crippen molar-refractivity contribution >= 4 is 17.5 Å². The monoisotopic (exact) mass is 224 g/mol. The van der Waals surface area contributed by atoms with Crippen molar-refractivity contribution in [3.63, 3.8) is 0 Å². The van der Waals surface area contributed by atoms with Gasteiger partial charge in [-0.2, -0.15) is 5.26 Å². The van der Waals surface area contributed by atoms with Crippen molar-refractivity contribution in [3.05, 3.63) is 16.9 Å². The molecule has 0 atom stereocenters. The highest BCUT2D eigenvalue weighted by atomic mass is 35.5. The second-order valence-corrected chi connectivity index (χ2v) is 3.53. The predicted octanol–water partition coefficient (Wildman–Crippen LogP) is 0.411. The highest BCUT2D eigenvalue weighted by molar-refractivity contribution is 6.29. The molecule has 1 aromatic rings. The molecular formula is C9H10ClN5. The van der Waals surface area contributed by atoms with Crippen LogP contribution in [-0.4, -0.2) is 36.1 Å². The van der Waals surface area contributed by atoms with E-state index in [4.69, 9.17) is 18.3 Å². The molecule has 1 fully saturated rings. The van der Waals surface area contributed by atoms with Crippen LogP contribution in [-0.2, 0) is 0 Å². The van der Waals surface area contributed by atoms with Gasteiger partial charge in [0, 0.05) is 32.2 Å². The molecule has 0 spiro atoms. The molecule has 2 heterocycles. The van der Waals surface area contributed by atoms with E-state index in [0.29, 0.717) is 32.1 Å². The third kappa shape index (κ3) is 2.35. The van der Waals surface area contributed by atoms with Crippen molar-refractivity contribution < 1.29 is 1.41 Å². The lowest BCUT2D eigenvalue weighted by Crippen LogP contribution is -2.44.